The third-order valence-electron chi connectivity index (χ3n) is 2.41. The molecule has 0 spiro atoms. The lowest BCUT2D eigenvalue weighted by Crippen LogP contribution is -2.18. The first kappa shape index (κ1) is 14.5. The molecule has 0 atom stereocenters. The quantitative estimate of drug-likeness (QED) is 0.858. The Morgan fingerprint density at radius 2 is 1.95 bits per heavy atom. The fraction of sp³-hybridized carbons (Fsp3) is 0.154. The molecule has 0 aliphatic heterocycles. The normalized spacial score (nSPS) is 11.2. The van der Waals surface area contributed by atoms with Crippen molar-refractivity contribution in [3.63, 3.8) is 0 Å². The van der Waals surface area contributed by atoms with Gasteiger partial charge in [0.1, 0.15) is 10.9 Å². The molecule has 0 fully saturated rings. The van der Waals surface area contributed by atoms with Crippen LogP contribution in [-0.2, 0) is 6.54 Å². The number of para-hydroxylation sites is 1. The van der Waals surface area contributed by atoms with Gasteiger partial charge in [0.15, 0.2) is 0 Å². The van der Waals surface area contributed by atoms with Gasteiger partial charge in [-0.1, -0.05) is 29.8 Å². The minimum absolute atomic E-state index is 0.173. The molecule has 0 unspecified atom stereocenters. The number of hydrogen-bond acceptors (Lipinski definition) is 3. The molecule has 20 heavy (non-hydrogen) atoms. The molecular formula is C13H10ClF3N2O. The smallest absolute Gasteiger partial charge is 0.405 e. The zero-order valence-corrected chi connectivity index (χ0v) is 10.9. The third-order valence-corrected chi connectivity index (χ3v) is 2.61. The van der Waals surface area contributed by atoms with Crippen LogP contribution in [0.2, 0.25) is 5.15 Å². The average molecular weight is 303 g/mol. The second kappa shape index (κ2) is 6.00. The van der Waals surface area contributed by atoms with Crippen LogP contribution in [0.25, 0.3) is 0 Å². The summed E-state index contributed by atoms with van der Waals surface area (Å²) in [7, 11) is 0. The number of nitrogens with one attached hydrogen (secondary N) is 1. The molecule has 2 rings (SSSR count). The summed E-state index contributed by atoms with van der Waals surface area (Å²) in [6.45, 7) is 0.173. The van der Waals surface area contributed by atoms with E-state index in [-0.39, 0.29) is 12.3 Å². The van der Waals surface area contributed by atoms with Crippen molar-refractivity contribution >= 4 is 17.3 Å². The van der Waals surface area contributed by atoms with E-state index >= 15 is 0 Å². The first-order chi connectivity index (χ1) is 9.44. The highest BCUT2D eigenvalue weighted by Gasteiger charge is 2.31. The fourth-order valence-electron chi connectivity index (χ4n) is 1.58. The van der Waals surface area contributed by atoms with Crippen LogP contribution < -0.4 is 10.1 Å². The Morgan fingerprint density at radius 3 is 2.65 bits per heavy atom. The summed E-state index contributed by atoms with van der Waals surface area (Å²) in [6.07, 6.45) is -3.21. The maximum Gasteiger partial charge on any atom is 0.573 e. The van der Waals surface area contributed by atoms with Gasteiger partial charge in [0.2, 0.25) is 0 Å². The second-order valence-electron chi connectivity index (χ2n) is 3.88. The van der Waals surface area contributed by atoms with E-state index in [0.29, 0.717) is 16.4 Å². The Kier molecular flexibility index (Phi) is 4.34. The summed E-state index contributed by atoms with van der Waals surface area (Å²) < 4.78 is 40.8. The standard InChI is InChI=1S/C13H10ClF3N2O/c14-12-7-10(5-6-18-12)19-8-9-3-1-2-4-11(9)20-13(15,16)17/h1-7H,8H2,(H,18,19). The molecule has 0 radical (unpaired) electrons. The molecule has 0 aliphatic rings. The number of benzene rings is 1. The molecule has 2 aromatic rings. The first-order valence-electron chi connectivity index (χ1n) is 5.63. The highest BCUT2D eigenvalue weighted by Crippen LogP contribution is 2.26. The van der Waals surface area contributed by atoms with Crippen LogP contribution >= 0.6 is 11.6 Å². The number of rotatable bonds is 4. The van der Waals surface area contributed by atoms with Gasteiger partial charge >= 0.3 is 6.36 Å². The molecule has 0 saturated carbocycles. The van der Waals surface area contributed by atoms with Crippen LogP contribution in [0.15, 0.2) is 42.6 Å². The number of pyridine rings is 1. The van der Waals surface area contributed by atoms with Crippen molar-refractivity contribution in [3.8, 4) is 5.75 Å². The Hall–Kier alpha value is -1.95. The zero-order chi connectivity index (χ0) is 14.6. The van der Waals surface area contributed by atoms with E-state index in [9.17, 15) is 13.2 Å². The van der Waals surface area contributed by atoms with Gasteiger partial charge in [-0.15, -0.1) is 13.2 Å². The van der Waals surface area contributed by atoms with E-state index in [1.54, 1.807) is 24.3 Å². The molecule has 1 N–H and O–H groups in total. The Labute approximate surface area is 118 Å². The van der Waals surface area contributed by atoms with Crippen LogP contribution in [0.4, 0.5) is 18.9 Å². The minimum atomic E-state index is -4.71. The zero-order valence-electron chi connectivity index (χ0n) is 10.1. The van der Waals surface area contributed by atoms with Crippen LogP contribution in [-0.4, -0.2) is 11.3 Å². The van der Waals surface area contributed by atoms with E-state index in [0.717, 1.165) is 0 Å². The predicted octanol–water partition coefficient (Wildman–Crippen LogP) is 4.25. The van der Waals surface area contributed by atoms with Crippen LogP contribution in [0, 0.1) is 0 Å². The fourth-order valence-corrected chi connectivity index (χ4v) is 1.76. The molecule has 3 nitrogen and oxygen atoms in total. The summed E-state index contributed by atoms with van der Waals surface area (Å²) >= 11 is 5.72. The van der Waals surface area contributed by atoms with Crippen LogP contribution in [0.1, 0.15) is 5.56 Å². The molecule has 7 heteroatoms. The minimum Gasteiger partial charge on any atom is -0.405 e. The Morgan fingerprint density at radius 1 is 1.20 bits per heavy atom. The maximum absolute atomic E-state index is 12.3. The van der Waals surface area contributed by atoms with Crippen LogP contribution in [0.3, 0.4) is 0 Å². The summed E-state index contributed by atoms with van der Waals surface area (Å²) in [6, 6.07) is 9.18. The van der Waals surface area contributed by atoms with E-state index < -0.39 is 6.36 Å². The number of halogens is 4. The largest absolute Gasteiger partial charge is 0.573 e. The number of ether oxygens (including phenoxy) is 1. The predicted molar refractivity (Wildman–Crippen MR) is 69.7 cm³/mol. The van der Waals surface area contributed by atoms with E-state index in [2.05, 4.69) is 15.0 Å². The summed E-state index contributed by atoms with van der Waals surface area (Å²) in [5, 5.41) is 3.26. The van der Waals surface area contributed by atoms with Gasteiger partial charge in [0.25, 0.3) is 0 Å². The summed E-state index contributed by atoms with van der Waals surface area (Å²) in [5.41, 5.74) is 1.05. The molecule has 1 heterocycles. The molecule has 0 bridgehead atoms. The molecule has 1 aromatic heterocycles. The lowest BCUT2D eigenvalue weighted by atomic mass is 10.2. The average Bonchev–Trinajstić information content (AvgIpc) is 2.36. The molecule has 0 aliphatic carbocycles. The summed E-state index contributed by atoms with van der Waals surface area (Å²) in [5.74, 6) is -0.229. The highest BCUT2D eigenvalue weighted by atomic mass is 35.5. The van der Waals surface area contributed by atoms with Crippen molar-refractivity contribution in [3.05, 3.63) is 53.3 Å². The van der Waals surface area contributed by atoms with Crippen LogP contribution in [0.5, 0.6) is 5.75 Å². The van der Waals surface area contributed by atoms with Crippen molar-refractivity contribution in [2.75, 3.05) is 5.32 Å². The molecule has 0 saturated heterocycles. The maximum atomic E-state index is 12.3. The summed E-state index contributed by atoms with van der Waals surface area (Å²) in [4.78, 5) is 3.81. The Balaban J connectivity index is 2.09. The molecular weight excluding hydrogens is 293 g/mol. The van der Waals surface area contributed by atoms with Crippen molar-refractivity contribution < 1.29 is 17.9 Å². The van der Waals surface area contributed by atoms with Crippen molar-refractivity contribution in [1.29, 1.82) is 0 Å². The Bertz CT molecular complexity index is 590. The van der Waals surface area contributed by atoms with E-state index in [1.165, 1.54) is 18.3 Å². The van der Waals surface area contributed by atoms with Crippen molar-refractivity contribution in [1.82, 2.24) is 4.98 Å². The SMILES string of the molecule is FC(F)(F)Oc1ccccc1CNc1ccnc(Cl)c1. The number of hydrogen-bond donors (Lipinski definition) is 1. The highest BCUT2D eigenvalue weighted by molar-refractivity contribution is 6.29. The van der Waals surface area contributed by atoms with Gasteiger partial charge < -0.3 is 10.1 Å². The number of alkyl halides is 3. The molecule has 1 aromatic carbocycles. The molecule has 0 amide bonds. The number of anilines is 1. The van der Waals surface area contributed by atoms with Gasteiger partial charge in [0.05, 0.1) is 0 Å². The van der Waals surface area contributed by atoms with Gasteiger partial charge in [-0.05, 0) is 18.2 Å². The van der Waals surface area contributed by atoms with Crippen molar-refractivity contribution in [2.45, 2.75) is 12.9 Å². The topological polar surface area (TPSA) is 34.1 Å². The third kappa shape index (κ3) is 4.31. The van der Waals surface area contributed by atoms with Gasteiger partial charge in [-0.3, -0.25) is 0 Å². The van der Waals surface area contributed by atoms with Gasteiger partial charge in [-0.25, -0.2) is 4.98 Å². The lowest BCUT2D eigenvalue weighted by molar-refractivity contribution is -0.274. The molecule has 106 valence electrons. The first-order valence-corrected chi connectivity index (χ1v) is 6.01. The van der Waals surface area contributed by atoms with Crippen molar-refractivity contribution in [2.24, 2.45) is 0 Å². The second-order valence-corrected chi connectivity index (χ2v) is 4.26. The van der Waals surface area contributed by atoms with E-state index in [1.807, 2.05) is 0 Å². The van der Waals surface area contributed by atoms with E-state index in [4.69, 9.17) is 11.6 Å². The van der Waals surface area contributed by atoms with Gasteiger partial charge in [0, 0.05) is 24.0 Å². The number of aromatic nitrogens is 1. The number of nitrogens with zero attached hydrogens (tertiary/aromatic N) is 1. The lowest BCUT2D eigenvalue weighted by Gasteiger charge is -2.14. The monoisotopic (exact) mass is 302 g/mol. The van der Waals surface area contributed by atoms with Gasteiger partial charge in [-0.2, -0.15) is 0 Å².